The molecule has 0 unspecified atom stereocenters. The summed E-state index contributed by atoms with van der Waals surface area (Å²) in [5, 5.41) is 8.85. The summed E-state index contributed by atoms with van der Waals surface area (Å²) in [5.41, 5.74) is 0.772. The minimum atomic E-state index is -1.06. The number of carboxylic acid groups (broad SMARTS) is 1. The molecule has 2 heterocycles. The molecule has 0 radical (unpaired) electrons. The van der Waals surface area contributed by atoms with Gasteiger partial charge in [0, 0.05) is 49.6 Å². The molecule has 8 nitrogen and oxygen atoms in total. The lowest BCUT2D eigenvalue weighted by atomic mass is 9.90. The number of nitrogens with zero attached hydrogens (tertiary/aromatic N) is 5. The SMILES string of the molecule is CN(CCCOc1cc(F)c(-c2c(Cl)nc(-c3cnccn3)nc2C2CCCCCC2)c(F)c1)C(=O)O. The number of rotatable bonds is 8. The Labute approximate surface area is 218 Å². The van der Waals surface area contributed by atoms with Crippen LogP contribution in [0.3, 0.4) is 0 Å². The number of carbonyl (C=O) groups is 1. The first-order chi connectivity index (χ1) is 17.8. The van der Waals surface area contributed by atoms with E-state index in [1.165, 1.54) is 25.6 Å². The second kappa shape index (κ2) is 12.2. The first kappa shape index (κ1) is 26.7. The van der Waals surface area contributed by atoms with Crippen molar-refractivity contribution in [3.05, 3.63) is 53.2 Å². The minimum absolute atomic E-state index is 0.000894. The average molecular weight is 532 g/mol. The predicted octanol–water partition coefficient (Wildman–Crippen LogP) is 6.35. The van der Waals surface area contributed by atoms with Gasteiger partial charge in [0.05, 0.1) is 24.1 Å². The molecule has 0 bridgehead atoms. The first-order valence-electron chi connectivity index (χ1n) is 12.2. The van der Waals surface area contributed by atoms with Gasteiger partial charge in [-0.25, -0.2) is 28.5 Å². The van der Waals surface area contributed by atoms with Crippen molar-refractivity contribution in [1.29, 1.82) is 0 Å². The predicted molar refractivity (Wildman–Crippen MR) is 135 cm³/mol. The summed E-state index contributed by atoms with van der Waals surface area (Å²) >= 11 is 6.60. The van der Waals surface area contributed by atoms with Gasteiger partial charge in [0.15, 0.2) is 5.82 Å². The Morgan fingerprint density at radius 2 is 1.81 bits per heavy atom. The van der Waals surface area contributed by atoms with Crippen LogP contribution >= 0.6 is 11.6 Å². The molecule has 0 atom stereocenters. The molecule has 0 aliphatic heterocycles. The van der Waals surface area contributed by atoms with Crippen LogP contribution in [0.25, 0.3) is 22.6 Å². The van der Waals surface area contributed by atoms with Crippen LogP contribution in [0.4, 0.5) is 13.6 Å². The summed E-state index contributed by atoms with van der Waals surface area (Å²) in [6.07, 6.45) is 9.70. The lowest BCUT2D eigenvalue weighted by Gasteiger charge is -2.20. The number of hydrogen-bond donors (Lipinski definition) is 1. The van der Waals surface area contributed by atoms with Crippen molar-refractivity contribution in [2.24, 2.45) is 0 Å². The molecule has 2 aromatic heterocycles. The van der Waals surface area contributed by atoms with Gasteiger partial charge < -0.3 is 14.7 Å². The van der Waals surface area contributed by atoms with Gasteiger partial charge in [-0.15, -0.1) is 0 Å². The topological polar surface area (TPSA) is 101 Å². The molecular formula is C26H28ClF2N5O3. The van der Waals surface area contributed by atoms with Gasteiger partial charge in [0.1, 0.15) is 28.2 Å². The molecule has 11 heteroatoms. The normalized spacial score (nSPS) is 14.3. The molecule has 0 spiro atoms. The molecule has 37 heavy (non-hydrogen) atoms. The molecule has 3 aromatic rings. The van der Waals surface area contributed by atoms with Crippen LogP contribution in [0.1, 0.15) is 56.6 Å². The van der Waals surface area contributed by atoms with Crippen LogP contribution in [-0.2, 0) is 0 Å². The number of aromatic nitrogens is 4. The van der Waals surface area contributed by atoms with Gasteiger partial charge in [0.25, 0.3) is 0 Å². The third kappa shape index (κ3) is 6.49. The Hall–Kier alpha value is -3.40. The summed E-state index contributed by atoms with van der Waals surface area (Å²) in [4.78, 5) is 29.4. The molecule has 1 amide bonds. The van der Waals surface area contributed by atoms with E-state index in [0.29, 0.717) is 17.8 Å². The van der Waals surface area contributed by atoms with E-state index in [1.54, 1.807) is 0 Å². The zero-order valence-corrected chi connectivity index (χ0v) is 21.2. The Balaban J connectivity index is 1.69. The molecular weight excluding hydrogens is 504 g/mol. The highest BCUT2D eigenvalue weighted by Crippen LogP contribution is 2.42. The number of hydrogen-bond acceptors (Lipinski definition) is 6. The third-order valence-electron chi connectivity index (χ3n) is 6.43. The number of ether oxygens (including phenoxy) is 1. The zero-order chi connectivity index (χ0) is 26.4. The lowest BCUT2D eigenvalue weighted by Crippen LogP contribution is -2.26. The maximum absolute atomic E-state index is 15.4. The van der Waals surface area contributed by atoms with Crippen LogP contribution < -0.4 is 4.74 Å². The fourth-order valence-corrected chi connectivity index (χ4v) is 4.79. The third-order valence-corrected chi connectivity index (χ3v) is 6.70. The molecule has 0 saturated heterocycles. The Bertz CT molecular complexity index is 1220. The van der Waals surface area contributed by atoms with E-state index in [4.69, 9.17) is 26.4 Å². The Morgan fingerprint density at radius 3 is 2.43 bits per heavy atom. The quantitative estimate of drug-likeness (QED) is 0.205. The number of benzene rings is 1. The van der Waals surface area contributed by atoms with Crippen molar-refractivity contribution < 1.29 is 23.4 Å². The lowest BCUT2D eigenvalue weighted by molar-refractivity contribution is 0.152. The monoisotopic (exact) mass is 531 g/mol. The van der Waals surface area contributed by atoms with Crippen LogP contribution in [0, 0.1) is 11.6 Å². The van der Waals surface area contributed by atoms with Gasteiger partial charge in [-0.2, -0.15) is 0 Å². The fraction of sp³-hybridized carbons (Fsp3) is 0.423. The van der Waals surface area contributed by atoms with Gasteiger partial charge >= 0.3 is 6.09 Å². The smallest absolute Gasteiger partial charge is 0.407 e. The highest BCUT2D eigenvalue weighted by molar-refractivity contribution is 6.32. The summed E-state index contributed by atoms with van der Waals surface area (Å²) in [5.74, 6) is -1.46. The van der Waals surface area contributed by atoms with Crippen molar-refractivity contribution in [1.82, 2.24) is 24.8 Å². The van der Waals surface area contributed by atoms with E-state index >= 15 is 8.78 Å². The van der Waals surface area contributed by atoms with Crippen LogP contribution in [0.5, 0.6) is 5.75 Å². The minimum Gasteiger partial charge on any atom is -0.493 e. The van der Waals surface area contributed by atoms with E-state index in [2.05, 4.69) is 15.0 Å². The highest BCUT2D eigenvalue weighted by Gasteiger charge is 2.28. The van der Waals surface area contributed by atoms with Crippen molar-refractivity contribution >= 4 is 17.7 Å². The summed E-state index contributed by atoms with van der Waals surface area (Å²) < 4.78 is 36.3. The second-order valence-corrected chi connectivity index (χ2v) is 9.40. The van der Waals surface area contributed by atoms with Gasteiger partial charge in [0.2, 0.25) is 0 Å². The number of amides is 1. The molecule has 1 aliphatic rings. The van der Waals surface area contributed by atoms with E-state index in [1.807, 2.05) is 0 Å². The molecule has 1 aliphatic carbocycles. The number of halogens is 3. The first-order valence-corrected chi connectivity index (χ1v) is 12.6. The largest absolute Gasteiger partial charge is 0.493 e. The van der Waals surface area contributed by atoms with E-state index in [0.717, 1.165) is 55.6 Å². The summed E-state index contributed by atoms with van der Waals surface area (Å²) in [6, 6.07) is 2.20. The van der Waals surface area contributed by atoms with Crippen LogP contribution in [0.2, 0.25) is 5.15 Å². The van der Waals surface area contributed by atoms with Gasteiger partial charge in [-0.3, -0.25) is 4.98 Å². The molecule has 1 saturated carbocycles. The van der Waals surface area contributed by atoms with E-state index in [9.17, 15) is 4.79 Å². The summed E-state index contributed by atoms with van der Waals surface area (Å²) in [6.45, 7) is 0.327. The van der Waals surface area contributed by atoms with Crippen molar-refractivity contribution in [3.63, 3.8) is 0 Å². The molecule has 4 rings (SSSR count). The van der Waals surface area contributed by atoms with Gasteiger partial charge in [-0.1, -0.05) is 37.3 Å². The fourth-order valence-electron chi connectivity index (χ4n) is 4.52. The van der Waals surface area contributed by atoms with Gasteiger partial charge in [-0.05, 0) is 19.3 Å². The Morgan fingerprint density at radius 1 is 1.11 bits per heavy atom. The Kier molecular flexibility index (Phi) is 8.81. The van der Waals surface area contributed by atoms with E-state index < -0.39 is 17.7 Å². The zero-order valence-electron chi connectivity index (χ0n) is 20.5. The maximum Gasteiger partial charge on any atom is 0.407 e. The van der Waals surface area contributed by atoms with Crippen LogP contribution in [0.15, 0.2) is 30.7 Å². The average Bonchev–Trinajstić information content (AvgIpc) is 3.17. The van der Waals surface area contributed by atoms with Crippen molar-refractivity contribution in [2.75, 3.05) is 20.2 Å². The molecule has 1 N–H and O–H groups in total. The van der Waals surface area contributed by atoms with Crippen molar-refractivity contribution in [2.45, 2.75) is 50.9 Å². The van der Waals surface area contributed by atoms with Crippen molar-refractivity contribution in [3.8, 4) is 28.4 Å². The highest BCUT2D eigenvalue weighted by atomic mass is 35.5. The maximum atomic E-state index is 15.4. The van der Waals surface area contributed by atoms with Crippen LogP contribution in [-0.4, -0.2) is 56.2 Å². The molecule has 1 aromatic carbocycles. The second-order valence-electron chi connectivity index (χ2n) is 9.05. The molecule has 1 fully saturated rings. The summed E-state index contributed by atoms with van der Waals surface area (Å²) in [7, 11) is 1.43. The van der Waals surface area contributed by atoms with E-state index in [-0.39, 0.29) is 46.9 Å². The standard InChI is InChI=1S/C26H28ClF2N5O3/c1-34(26(35)36)11-6-12-37-17-13-18(28)21(19(29)14-17)22-23(16-7-4-2-3-5-8-16)32-25(33-24(22)27)20-15-30-9-10-31-20/h9-10,13-16H,2-8,11-12H2,1H3,(H,35,36). The molecule has 196 valence electrons.